The van der Waals surface area contributed by atoms with Gasteiger partial charge in [0.05, 0.1) is 0 Å². The van der Waals surface area contributed by atoms with Crippen LogP contribution in [0, 0.1) is 0 Å². The first-order chi connectivity index (χ1) is 34.0. The molecule has 0 amide bonds. The van der Waals surface area contributed by atoms with E-state index in [1.165, 1.54) is 103 Å². The summed E-state index contributed by atoms with van der Waals surface area (Å²) in [5.41, 5.74) is 0. The van der Waals surface area contributed by atoms with Crippen molar-refractivity contribution in [2.24, 2.45) is 0 Å². The Kier molecular flexibility index (Phi) is 53.9. The maximum absolute atomic E-state index is 12.8. The van der Waals surface area contributed by atoms with Crippen LogP contribution in [0.5, 0.6) is 0 Å². The summed E-state index contributed by atoms with van der Waals surface area (Å²) in [5, 5.41) is 0. The van der Waals surface area contributed by atoms with E-state index in [2.05, 4.69) is 118 Å². The number of allylic oxidation sites excluding steroid dienone is 16. The molecule has 0 aliphatic heterocycles. The first-order valence-electron chi connectivity index (χ1n) is 28.7. The second-order valence-corrected chi connectivity index (χ2v) is 18.8. The fraction of sp³-hybridized carbons (Fsp3) is 0.698. The highest BCUT2D eigenvalue weighted by Gasteiger charge is 2.19. The second kappa shape index (κ2) is 56.9. The number of ether oxygens (including phenoxy) is 3. The van der Waals surface area contributed by atoms with Crippen LogP contribution in [0.3, 0.4) is 0 Å². The molecule has 0 saturated heterocycles. The zero-order valence-electron chi connectivity index (χ0n) is 45.0. The van der Waals surface area contributed by atoms with Gasteiger partial charge in [-0.2, -0.15) is 0 Å². The van der Waals surface area contributed by atoms with Gasteiger partial charge in [0.15, 0.2) is 6.10 Å². The van der Waals surface area contributed by atoms with E-state index < -0.39 is 6.10 Å². The van der Waals surface area contributed by atoms with Crippen molar-refractivity contribution in [2.45, 2.75) is 271 Å². The summed E-state index contributed by atoms with van der Waals surface area (Å²) in [6.45, 7) is 6.39. The van der Waals surface area contributed by atoms with Gasteiger partial charge in [-0.05, 0) is 96.3 Å². The van der Waals surface area contributed by atoms with Crippen LogP contribution in [0.25, 0.3) is 0 Å². The highest BCUT2D eigenvalue weighted by molar-refractivity contribution is 5.71. The summed E-state index contributed by atoms with van der Waals surface area (Å²) in [5.74, 6) is -0.898. The number of carbonyl (C=O) groups is 3. The molecule has 69 heavy (non-hydrogen) atoms. The Morgan fingerprint density at radius 1 is 0.304 bits per heavy atom. The van der Waals surface area contributed by atoms with E-state index in [0.29, 0.717) is 19.3 Å². The molecule has 0 aliphatic rings. The first-order valence-corrected chi connectivity index (χ1v) is 28.7. The number of rotatable bonds is 51. The van der Waals surface area contributed by atoms with Gasteiger partial charge in [0.2, 0.25) is 0 Å². The van der Waals surface area contributed by atoms with Gasteiger partial charge < -0.3 is 14.2 Å². The summed E-state index contributed by atoms with van der Waals surface area (Å²) >= 11 is 0. The zero-order chi connectivity index (χ0) is 50.0. The standard InChI is InChI=1S/C63H106O6/c1-4-7-10-13-16-19-21-23-25-27-29-31-33-35-37-39-41-44-47-50-53-56-62(65)68-59-60(58-67-61(64)55-52-49-46-43-18-15-12-9-6-3)69-63(66)57-54-51-48-45-42-40-38-36-34-32-30-28-26-24-22-20-17-14-11-8-5-2/h7-8,10-11,16-17,19-20,23-26,29-32,60H,4-6,9,12-15,18,21-22,27-28,33-59H2,1-3H3/b10-7-,11-8-,19-16-,20-17-,25-23-,26-24-,31-29-,32-30-. The molecule has 6 heteroatoms. The van der Waals surface area contributed by atoms with Crippen LogP contribution in [-0.4, -0.2) is 37.2 Å². The number of hydrogen-bond donors (Lipinski definition) is 0. The topological polar surface area (TPSA) is 78.9 Å². The largest absolute Gasteiger partial charge is 0.462 e. The van der Waals surface area contributed by atoms with Gasteiger partial charge in [-0.1, -0.05) is 246 Å². The average molecular weight is 960 g/mol. The van der Waals surface area contributed by atoms with Crippen molar-refractivity contribution in [1.82, 2.24) is 0 Å². The van der Waals surface area contributed by atoms with Gasteiger partial charge in [0.1, 0.15) is 13.2 Å². The van der Waals surface area contributed by atoms with Crippen LogP contribution >= 0.6 is 0 Å². The Morgan fingerprint density at radius 2 is 0.565 bits per heavy atom. The summed E-state index contributed by atoms with van der Waals surface area (Å²) in [6.07, 6.45) is 75.4. The van der Waals surface area contributed by atoms with E-state index in [4.69, 9.17) is 14.2 Å². The normalized spacial score (nSPS) is 12.8. The van der Waals surface area contributed by atoms with Crippen LogP contribution in [0.1, 0.15) is 265 Å². The molecule has 6 nitrogen and oxygen atoms in total. The van der Waals surface area contributed by atoms with E-state index >= 15 is 0 Å². The smallest absolute Gasteiger partial charge is 0.306 e. The quantitative estimate of drug-likeness (QED) is 0.0262. The summed E-state index contributed by atoms with van der Waals surface area (Å²) in [4.78, 5) is 38.1. The minimum atomic E-state index is -0.784. The molecule has 0 rings (SSSR count). The maximum atomic E-state index is 12.8. The van der Waals surface area contributed by atoms with Crippen LogP contribution in [0.15, 0.2) is 97.2 Å². The molecule has 0 aromatic carbocycles. The SMILES string of the molecule is CC/C=C\C/C=C\C/C=C\C/C=C\CCCCCCCCCCC(=O)OCC(COC(=O)CCCCCCCCCCC)OC(=O)CCCCCCCCCC/C=C\C/C=C\C/C=C\C/C=C\CC. The third-order valence-corrected chi connectivity index (χ3v) is 12.1. The number of hydrogen-bond acceptors (Lipinski definition) is 6. The molecule has 0 heterocycles. The van der Waals surface area contributed by atoms with E-state index in [-0.39, 0.29) is 31.1 Å². The van der Waals surface area contributed by atoms with Gasteiger partial charge >= 0.3 is 17.9 Å². The predicted molar refractivity (Wildman–Crippen MR) is 297 cm³/mol. The summed E-state index contributed by atoms with van der Waals surface area (Å²) in [6, 6.07) is 0. The predicted octanol–water partition coefficient (Wildman–Crippen LogP) is 19.3. The van der Waals surface area contributed by atoms with Gasteiger partial charge in [-0.25, -0.2) is 0 Å². The average Bonchev–Trinajstić information content (AvgIpc) is 3.35. The number of carbonyl (C=O) groups excluding carboxylic acids is 3. The maximum Gasteiger partial charge on any atom is 0.306 e. The van der Waals surface area contributed by atoms with Crippen LogP contribution < -0.4 is 0 Å². The van der Waals surface area contributed by atoms with Gasteiger partial charge in [-0.3, -0.25) is 14.4 Å². The van der Waals surface area contributed by atoms with Crippen molar-refractivity contribution < 1.29 is 28.6 Å². The van der Waals surface area contributed by atoms with Crippen LogP contribution in [0.2, 0.25) is 0 Å². The highest BCUT2D eigenvalue weighted by Crippen LogP contribution is 2.15. The molecule has 394 valence electrons. The fourth-order valence-corrected chi connectivity index (χ4v) is 7.84. The van der Waals surface area contributed by atoms with Gasteiger partial charge in [-0.15, -0.1) is 0 Å². The molecule has 0 N–H and O–H groups in total. The van der Waals surface area contributed by atoms with Crippen molar-refractivity contribution in [3.05, 3.63) is 97.2 Å². The molecule has 0 bridgehead atoms. The minimum Gasteiger partial charge on any atom is -0.462 e. The minimum absolute atomic E-state index is 0.0823. The zero-order valence-corrected chi connectivity index (χ0v) is 45.0. The van der Waals surface area contributed by atoms with E-state index in [1.807, 2.05) is 0 Å². The van der Waals surface area contributed by atoms with Crippen molar-refractivity contribution in [2.75, 3.05) is 13.2 Å². The third-order valence-electron chi connectivity index (χ3n) is 12.1. The lowest BCUT2D eigenvalue weighted by Gasteiger charge is -2.18. The Bertz CT molecular complexity index is 1380. The number of esters is 3. The Morgan fingerprint density at radius 3 is 0.884 bits per heavy atom. The first kappa shape index (κ1) is 65.3. The highest BCUT2D eigenvalue weighted by atomic mass is 16.6. The van der Waals surface area contributed by atoms with E-state index in [0.717, 1.165) is 122 Å². The van der Waals surface area contributed by atoms with E-state index in [1.54, 1.807) is 0 Å². The lowest BCUT2D eigenvalue weighted by atomic mass is 10.1. The van der Waals surface area contributed by atoms with Crippen molar-refractivity contribution >= 4 is 17.9 Å². The molecular weight excluding hydrogens is 853 g/mol. The van der Waals surface area contributed by atoms with Crippen LogP contribution in [0.4, 0.5) is 0 Å². The Labute approximate surface area is 426 Å². The van der Waals surface area contributed by atoms with Gasteiger partial charge in [0, 0.05) is 19.3 Å². The van der Waals surface area contributed by atoms with E-state index in [9.17, 15) is 14.4 Å². The molecule has 0 fully saturated rings. The molecule has 0 saturated carbocycles. The van der Waals surface area contributed by atoms with Crippen molar-refractivity contribution in [1.29, 1.82) is 0 Å². The molecule has 0 spiro atoms. The number of unbranched alkanes of at least 4 members (excludes halogenated alkanes) is 24. The second-order valence-electron chi connectivity index (χ2n) is 18.8. The van der Waals surface area contributed by atoms with Crippen molar-refractivity contribution in [3.63, 3.8) is 0 Å². The molecule has 0 aromatic rings. The third kappa shape index (κ3) is 55.1. The molecule has 0 aromatic heterocycles. The van der Waals surface area contributed by atoms with Crippen LogP contribution in [-0.2, 0) is 28.6 Å². The monoisotopic (exact) mass is 959 g/mol. The van der Waals surface area contributed by atoms with Gasteiger partial charge in [0.25, 0.3) is 0 Å². The molecular formula is C63H106O6. The fourth-order valence-electron chi connectivity index (χ4n) is 7.84. The Balaban J connectivity index is 4.31. The molecule has 1 atom stereocenters. The molecule has 0 aliphatic carbocycles. The molecule has 1 unspecified atom stereocenters. The summed E-state index contributed by atoms with van der Waals surface area (Å²) < 4.78 is 16.8. The Hall–Kier alpha value is -3.67. The van der Waals surface area contributed by atoms with Crippen molar-refractivity contribution in [3.8, 4) is 0 Å². The summed E-state index contributed by atoms with van der Waals surface area (Å²) in [7, 11) is 0. The lowest BCUT2D eigenvalue weighted by Crippen LogP contribution is -2.30. The lowest BCUT2D eigenvalue weighted by molar-refractivity contribution is -0.167. The molecule has 0 radical (unpaired) electrons.